The van der Waals surface area contributed by atoms with Crippen LogP contribution in [0.2, 0.25) is 0 Å². The third-order valence-corrected chi connectivity index (χ3v) is 7.83. The maximum absolute atomic E-state index is 13.6. The number of nitrogens with zero attached hydrogens (tertiary/aromatic N) is 5. The first-order valence-corrected chi connectivity index (χ1v) is 12.1. The van der Waals surface area contributed by atoms with Crippen molar-refractivity contribution in [3.8, 4) is 11.3 Å². The maximum Gasteiger partial charge on any atom is 0.270 e. The average molecular weight is 446 g/mol. The number of hydrogen-bond acceptors (Lipinski definition) is 6. The van der Waals surface area contributed by atoms with Crippen molar-refractivity contribution in [1.29, 1.82) is 0 Å². The van der Waals surface area contributed by atoms with Gasteiger partial charge >= 0.3 is 0 Å². The average Bonchev–Trinajstić information content (AvgIpc) is 3.57. The minimum atomic E-state index is -0.0743. The Morgan fingerprint density at radius 2 is 2.03 bits per heavy atom. The molecule has 2 aliphatic heterocycles. The highest BCUT2D eigenvalue weighted by Crippen LogP contribution is 2.42. The van der Waals surface area contributed by atoms with Crippen molar-refractivity contribution in [3.05, 3.63) is 40.4 Å². The molecule has 4 aliphatic rings. The van der Waals surface area contributed by atoms with E-state index < -0.39 is 0 Å². The highest BCUT2D eigenvalue weighted by Gasteiger charge is 2.44. The van der Waals surface area contributed by atoms with Gasteiger partial charge in [0.05, 0.1) is 29.5 Å². The molecule has 2 aliphatic carbocycles. The summed E-state index contributed by atoms with van der Waals surface area (Å²) in [5.74, 6) is -0.00494. The lowest BCUT2D eigenvalue weighted by Crippen LogP contribution is -2.41. The highest BCUT2D eigenvalue weighted by molar-refractivity contribution is 6.41. The Kier molecular flexibility index (Phi) is 4.87. The normalized spacial score (nSPS) is 25.5. The maximum atomic E-state index is 13.6. The molecule has 3 unspecified atom stereocenters. The van der Waals surface area contributed by atoms with E-state index in [2.05, 4.69) is 51.9 Å². The summed E-state index contributed by atoms with van der Waals surface area (Å²) < 4.78 is 0. The summed E-state index contributed by atoms with van der Waals surface area (Å²) >= 11 is 0. The van der Waals surface area contributed by atoms with Gasteiger partial charge in [-0.25, -0.2) is 4.98 Å². The molecule has 0 spiro atoms. The lowest BCUT2D eigenvalue weighted by molar-refractivity contribution is -0.123. The summed E-state index contributed by atoms with van der Waals surface area (Å²) in [7, 11) is 4.17. The summed E-state index contributed by atoms with van der Waals surface area (Å²) in [5.41, 5.74) is 11.9. The smallest absolute Gasteiger partial charge is 0.270 e. The van der Waals surface area contributed by atoms with E-state index in [0.29, 0.717) is 11.8 Å². The number of rotatable bonds is 3. The molecule has 2 aromatic heterocycles. The summed E-state index contributed by atoms with van der Waals surface area (Å²) in [6.45, 7) is 3.60. The van der Waals surface area contributed by atoms with E-state index >= 15 is 0 Å². The van der Waals surface area contributed by atoms with Crippen LogP contribution < -0.4 is 5.43 Å². The molecule has 8 nitrogen and oxygen atoms in total. The fraction of sp³-hybridized carbons (Fsp3) is 0.520. The summed E-state index contributed by atoms with van der Waals surface area (Å²) in [6, 6.07) is 0.423. The van der Waals surface area contributed by atoms with Crippen LogP contribution in [0.15, 0.2) is 17.4 Å². The van der Waals surface area contributed by atoms with E-state index in [-0.39, 0.29) is 17.9 Å². The number of likely N-dealkylation sites (tertiary alicyclic amines) is 1. The Labute approximate surface area is 194 Å². The largest absolute Gasteiger partial charge is 0.336 e. The molecule has 3 atom stereocenters. The molecule has 2 N–H and O–H groups in total. The molecular formula is C25H31N7O. The van der Waals surface area contributed by atoms with Gasteiger partial charge in [0.1, 0.15) is 5.71 Å². The van der Waals surface area contributed by atoms with Crippen LogP contribution in [0.1, 0.15) is 53.3 Å². The number of pyridine rings is 1. The molecule has 2 aromatic rings. The first kappa shape index (κ1) is 20.6. The van der Waals surface area contributed by atoms with Crippen LogP contribution in [0, 0.1) is 6.92 Å². The number of amides is 1. The molecule has 172 valence electrons. The predicted molar refractivity (Wildman–Crippen MR) is 128 cm³/mol. The van der Waals surface area contributed by atoms with Crippen molar-refractivity contribution in [2.24, 2.45) is 5.10 Å². The van der Waals surface area contributed by atoms with E-state index in [1.54, 1.807) is 0 Å². The fourth-order valence-electron chi connectivity index (χ4n) is 5.97. The number of hydrazone groups is 1. The van der Waals surface area contributed by atoms with Gasteiger partial charge in [0.2, 0.25) is 0 Å². The molecule has 1 amide bonds. The van der Waals surface area contributed by atoms with Gasteiger partial charge in [-0.3, -0.25) is 9.89 Å². The third kappa shape index (κ3) is 3.22. The molecule has 0 bridgehead atoms. The van der Waals surface area contributed by atoms with E-state index in [1.807, 2.05) is 18.0 Å². The number of aryl methyl sites for hydroxylation is 1. The highest BCUT2D eigenvalue weighted by atomic mass is 16.2. The zero-order valence-corrected chi connectivity index (χ0v) is 19.6. The SMILES string of the molecule is Cc1[nH]ncc1-c1nc2c(c3c1CCCC3)C1C(C(=O)N3CCC(N(C)C)C3)=NNC1C=C2. The van der Waals surface area contributed by atoms with E-state index in [1.165, 1.54) is 29.5 Å². The molecule has 1 fully saturated rings. The number of carbonyl (C=O) groups is 1. The van der Waals surface area contributed by atoms with Crippen LogP contribution in [0.5, 0.6) is 0 Å². The number of H-pyrrole nitrogens is 1. The number of nitrogens with one attached hydrogen (secondary N) is 2. The number of aromatic nitrogens is 3. The molecule has 0 aromatic carbocycles. The first-order valence-electron chi connectivity index (χ1n) is 12.1. The van der Waals surface area contributed by atoms with Crippen molar-refractivity contribution < 1.29 is 4.79 Å². The second-order valence-corrected chi connectivity index (χ2v) is 9.98. The minimum Gasteiger partial charge on any atom is -0.336 e. The van der Waals surface area contributed by atoms with Crippen molar-refractivity contribution in [2.45, 2.75) is 57.0 Å². The van der Waals surface area contributed by atoms with Gasteiger partial charge in [-0.1, -0.05) is 6.08 Å². The van der Waals surface area contributed by atoms with Crippen LogP contribution >= 0.6 is 0 Å². The van der Waals surface area contributed by atoms with Gasteiger partial charge in [-0.05, 0) is 75.9 Å². The Morgan fingerprint density at radius 1 is 1.21 bits per heavy atom. The zero-order valence-electron chi connectivity index (χ0n) is 19.6. The van der Waals surface area contributed by atoms with Gasteiger partial charge in [0.15, 0.2) is 0 Å². The summed E-state index contributed by atoms with van der Waals surface area (Å²) in [4.78, 5) is 23.0. The standard InChI is InChI=1S/C25H31N7O/c1-14-18(12-26-28-14)23-17-7-5-4-6-16(17)21-19(27-23)8-9-20-22(21)24(30-29-20)25(33)32-11-10-15(13-32)31(2)3/h8-9,12,15,20,22,29H,4-7,10-11,13H2,1-3H3,(H,26,28). The van der Waals surface area contributed by atoms with Gasteiger partial charge < -0.3 is 15.2 Å². The lowest BCUT2D eigenvalue weighted by Gasteiger charge is -2.31. The van der Waals surface area contributed by atoms with Crippen LogP contribution in [-0.4, -0.2) is 75.9 Å². The molecule has 0 saturated carbocycles. The summed E-state index contributed by atoms with van der Waals surface area (Å²) in [5, 5.41) is 11.9. The monoisotopic (exact) mass is 445 g/mol. The second kappa shape index (κ2) is 7.80. The molecule has 4 heterocycles. The molecule has 8 heteroatoms. The molecular weight excluding hydrogens is 414 g/mol. The van der Waals surface area contributed by atoms with Crippen LogP contribution in [-0.2, 0) is 17.6 Å². The van der Waals surface area contributed by atoms with Crippen molar-refractivity contribution >= 4 is 17.7 Å². The van der Waals surface area contributed by atoms with Crippen molar-refractivity contribution in [3.63, 3.8) is 0 Å². The molecule has 0 radical (unpaired) electrons. The van der Waals surface area contributed by atoms with E-state index in [9.17, 15) is 4.79 Å². The Bertz CT molecular complexity index is 1180. The van der Waals surface area contributed by atoms with Gasteiger partial charge in [0.25, 0.3) is 5.91 Å². The van der Waals surface area contributed by atoms with E-state index in [4.69, 9.17) is 4.98 Å². The first-order chi connectivity index (χ1) is 16.0. The van der Waals surface area contributed by atoms with Crippen molar-refractivity contribution in [2.75, 3.05) is 27.2 Å². The minimum absolute atomic E-state index is 0.0121. The fourth-order valence-corrected chi connectivity index (χ4v) is 5.97. The Hall–Kier alpha value is -3.00. The lowest BCUT2D eigenvalue weighted by atomic mass is 9.75. The van der Waals surface area contributed by atoms with Crippen LogP contribution in [0.25, 0.3) is 17.3 Å². The summed E-state index contributed by atoms with van der Waals surface area (Å²) in [6.07, 6.45) is 11.5. The number of carbonyl (C=O) groups excluding carboxylic acids is 1. The molecule has 33 heavy (non-hydrogen) atoms. The zero-order chi connectivity index (χ0) is 22.7. The topological polar surface area (TPSA) is 89.5 Å². The second-order valence-electron chi connectivity index (χ2n) is 9.98. The van der Waals surface area contributed by atoms with Gasteiger partial charge in [0, 0.05) is 30.4 Å². The number of likely N-dealkylation sites (N-methyl/N-ethyl adjacent to an activating group) is 1. The predicted octanol–water partition coefficient (Wildman–Crippen LogP) is 2.26. The molecule has 1 saturated heterocycles. The van der Waals surface area contributed by atoms with Crippen LogP contribution in [0.3, 0.4) is 0 Å². The van der Waals surface area contributed by atoms with Crippen LogP contribution in [0.4, 0.5) is 0 Å². The number of aromatic amines is 1. The number of fused-ring (bicyclic) bond motifs is 5. The Morgan fingerprint density at radius 3 is 2.76 bits per heavy atom. The number of hydrogen-bond donors (Lipinski definition) is 2. The van der Waals surface area contributed by atoms with Gasteiger partial charge in [-0.15, -0.1) is 0 Å². The van der Waals surface area contributed by atoms with E-state index in [0.717, 1.165) is 55.0 Å². The third-order valence-electron chi connectivity index (χ3n) is 7.83. The Balaban J connectivity index is 1.42. The quantitative estimate of drug-likeness (QED) is 0.757. The van der Waals surface area contributed by atoms with Crippen molar-refractivity contribution in [1.82, 2.24) is 30.4 Å². The van der Waals surface area contributed by atoms with Gasteiger partial charge in [-0.2, -0.15) is 10.2 Å². The molecule has 6 rings (SSSR count).